The number of aliphatic hydroxyl groups is 4. The van der Waals surface area contributed by atoms with E-state index in [-0.39, 0.29) is 36.6 Å². The van der Waals surface area contributed by atoms with Crippen LogP contribution in [0, 0.1) is 23.7 Å². The summed E-state index contributed by atoms with van der Waals surface area (Å²) < 4.78 is 17.3. The summed E-state index contributed by atoms with van der Waals surface area (Å²) in [5, 5.41) is 77.1. The highest BCUT2D eigenvalue weighted by Crippen LogP contribution is 2.29. The average Bonchev–Trinajstić information content (AvgIpc) is 0.800. The largest absolute Gasteiger partial charge is 0.508 e. The number of aromatic hydroxyl groups is 1. The van der Waals surface area contributed by atoms with Gasteiger partial charge in [0.2, 0.25) is 65.0 Å². The molecular formula is C65H103N13O21. The van der Waals surface area contributed by atoms with Crippen LogP contribution in [0.5, 0.6) is 5.75 Å². The molecule has 554 valence electrons. The maximum absolute atomic E-state index is 15.3. The van der Waals surface area contributed by atoms with Crippen molar-refractivity contribution in [1.82, 2.24) is 58.1 Å². The Kier molecular flexibility index (Phi) is 33.5. The number of piperidine rings is 1. The Morgan fingerprint density at radius 3 is 1.96 bits per heavy atom. The highest BCUT2D eigenvalue weighted by molar-refractivity contribution is 6.00. The molecule has 99 heavy (non-hydrogen) atoms. The molecule has 0 spiro atoms. The number of amides is 12. The first-order valence-electron chi connectivity index (χ1n) is 32.7. The summed E-state index contributed by atoms with van der Waals surface area (Å²) in [6, 6.07) is -12.1. The fraction of sp³-hybridized carbons (Fsp3) is 0.646. The molecule has 2 aliphatic heterocycles. The molecule has 3 unspecified atom stereocenters. The molecule has 0 aliphatic carbocycles. The Balaban J connectivity index is 2.17. The molecule has 0 saturated carbocycles. The van der Waals surface area contributed by atoms with Gasteiger partial charge in [-0.05, 0) is 96.3 Å². The van der Waals surface area contributed by atoms with Crippen LogP contribution in [-0.4, -0.2) is 238 Å². The summed E-state index contributed by atoms with van der Waals surface area (Å²) in [6.07, 6.45) is -2.34. The molecule has 0 radical (unpaired) electrons. The van der Waals surface area contributed by atoms with Crippen LogP contribution in [0.3, 0.4) is 0 Å². The van der Waals surface area contributed by atoms with Gasteiger partial charge >= 0.3 is 5.97 Å². The van der Waals surface area contributed by atoms with Crippen molar-refractivity contribution < 1.29 is 102 Å². The van der Waals surface area contributed by atoms with Gasteiger partial charge in [0.15, 0.2) is 5.60 Å². The molecule has 19 atom stereocenters. The van der Waals surface area contributed by atoms with Crippen LogP contribution in [-0.2, 0) is 76.5 Å². The van der Waals surface area contributed by atoms with Crippen LogP contribution in [0.4, 0.5) is 0 Å². The molecule has 34 heteroatoms. The number of ether oxygens (including phenoxy) is 3. The van der Waals surface area contributed by atoms with E-state index in [0.29, 0.717) is 6.42 Å². The number of nitrogens with zero attached hydrogens (tertiary/aromatic N) is 1. The number of benzene rings is 1. The number of phenols is 1. The fourth-order valence-electron chi connectivity index (χ4n) is 10.6. The number of allylic oxidation sites excluding steroid dienone is 3. The molecule has 19 N–H and O–H groups in total. The van der Waals surface area contributed by atoms with Crippen molar-refractivity contribution in [1.29, 1.82) is 0 Å². The van der Waals surface area contributed by atoms with Gasteiger partial charge in [0.1, 0.15) is 78.4 Å². The first-order chi connectivity index (χ1) is 46.2. The summed E-state index contributed by atoms with van der Waals surface area (Å²) in [5.74, 6) is -18.2. The maximum Gasteiger partial charge on any atom is 0.329 e. The minimum atomic E-state index is -2.46. The Hall–Kier alpha value is -8.67. The Morgan fingerprint density at radius 2 is 1.40 bits per heavy atom. The third-order valence-electron chi connectivity index (χ3n) is 17.1. The van der Waals surface area contributed by atoms with Gasteiger partial charge in [-0.3, -0.25) is 57.5 Å². The minimum absolute atomic E-state index is 0.0933. The number of hydrogen-bond acceptors (Lipinski definition) is 22. The van der Waals surface area contributed by atoms with E-state index in [1.54, 1.807) is 6.92 Å². The average molecular weight is 1400 g/mol. The predicted octanol–water partition coefficient (Wildman–Crippen LogP) is -4.65. The van der Waals surface area contributed by atoms with E-state index in [9.17, 15) is 68.7 Å². The van der Waals surface area contributed by atoms with Crippen molar-refractivity contribution in [3.63, 3.8) is 0 Å². The number of aliphatic hydroxyl groups excluding tert-OH is 3. The zero-order valence-electron chi connectivity index (χ0n) is 58.5. The summed E-state index contributed by atoms with van der Waals surface area (Å²) in [7, 11) is 2.36. The van der Waals surface area contributed by atoms with Gasteiger partial charge in [0.25, 0.3) is 5.91 Å². The maximum atomic E-state index is 15.3. The van der Waals surface area contributed by atoms with Crippen LogP contribution in [0.2, 0.25) is 0 Å². The Labute approximate surface area is 575 Å². The minimum Gasteiger partial charge on any atom is -0.508 e. The number of carbonyl (C=O) groups excluding carboxylic acids is 13. The number of nitrogens with one attached hydrogen (secondary N) is 10. The SMILES string of the molecule is CCC(C)/C=C(C)/C=C\C(O)C(C)(O)C(=O)NCC(=O)N[C@H](C(=O)N[C@H](C(=O)N[C@H](C(=O)N[C@H]1C(=O)N[C@H](COC)C(=O)NCC(=O)N[C@@H](C)C(=O)N[C@@H]([C@@H](C)O)C(=O)N[C@H]([C@H](OC)c2ccc(O)cc2)C(=O)N2CCCC[C@H]2C(=O)O[C@@H]1C(C)C)[C@@H](C)[C@@H](C)C(N)=O)[C@@H](C)N)[C@@H](C)O. The standard InChI is InChI=1S/C65H103N13O21/c1-15-31(4)26-32(5)19-24-43(82)65(12,96)64(95)69-28-45(84)72-48(37(10)79)59(90)74-47(35(8)66)58(89)73-46(33(6)34(7)54(67)85)57(88)76-50-52(30(2)3)99-63(94)42-18-16-17-25-78(42)62(93)51(53(98-14)39-20-22-40(81)23-21-39)77-60(91)49(38(11)80)75-55(86)36(9)70-44(83)27-68-56(87)41(29-97-13)71-61(50)92/h19-24,26,30-31,33-38,41-43,46-53,79-82,96H,15-18,25,27-29,66H2,1-14H3,(H2,67,85)(H,68,87)(H,69,95)(H,70,83)(H,71,92)(H,72,84)(H,73,89)(H,74,90)(H,75,86)(H,76,88)(H,77,91)/b24-19-,32-26+/t31?,33-,34+,35+,36-,37+,38+,41+,42-,43?,46-,47-,48-,49-,50+,51+,52+,53+,65?/m0/s1. The van der Waals surface area contributed by atoms with E-state index in [1.807, 2.05) is 19.9 Å². The number of hydrogen-bond donors (Lipinski definition) is 17. The molecule has 2 aliphatic rings. The van der Waals surface area contributed by atoms with Crippen molar-refractivity contribution >= 4 is 76.9 Å². The van der Waals surface area contributed by atoms with E-state index < -0.39 is 211 Å². The van der Waals surface area contributed by atoms with E-state index in [1.165, 1.54) is 85.1 Å². The lowest BCUT2D eigenvalue weighted by Crippen LogP contribution is -2.66. The smallest absolute Gasteiger partial charge is 0.329 e. The van der Waals surface area contributed by atoms with E-state index in [4.69, 9.17) is 25.7 Å². The summed E-state index contributed by atoms with van der Waals surface area (Å²) in [6.45, 7) is 14.5. The first-order valence-corrected chi connectivity index (χ1v) is 32.7. The van der Waals surface area contributed by atoms with Crippen LogP contribution in [0.15, 0.2) is 48.1 Å². The third kappa shape index (κ3) is 24.6. The highest BCUT2D eigenvalue weighted by Gasteiger charge is 2.47. The molecule has 12 amide bonds. The number of primary amides is 1. The zero-order chi connectivity index (χ0) is 75.1. The number of cyclic esters (lactones) is 1. The lowest BCUT2D eigenvalue weighted by molar-refractivity contribution is -0.168. The monoisotopic (exact) mass is 1400 g/mol. The van der Waals surface area contributed by atoms with Crippen molar-refractivity contribution in [2.75, 3.05) is 40.5 Å². The Bertz CT molecular complexity index is 3070. The third-order valence-corrected chi connectivity index (χ3v) is 17.1. The van der Waals surface area contributed by atoms with Crippen LogP contribution < -0.4 is 64.6 Å². The van der Waals surface area contributed by atoms with Gasteiger partial charge in [0, 0.05) is 32.7 Å². The molecule has 0 aromatic heterocycles. The summed E-state index contributed by atoms with van der Waals surface area (Å²) in [4.78, 5) is 185. The van der Waals surface area contributed by atoms with Gasteiger partial charge in [-0.1, -0.05) is 83.9 Å². The van der Waals surface area contributed by atoms with E-state index in [2.05, 4.69) is 53.2 Å². The molecular weight excluding hydrogens is 1300 g/mol. The zero-order valence-corrected chi connectivity index (χ0v) is 58.5. The molecule has 2 saturated heterocycles. The second-order valence-corrected chi connectivity index (χ2v) is 25.8. The van der Waals surface area contributed by atoms with Crippen molar-refractivity contribution in [2.24, 2.45) is 35.1 Å². The summed E-state index contributed by atoms with van der Waals surface area (Å²) in [5.41, 5.74) is 10.5. The van der Waals surface area contributed by atoms with Gasteiger partial charge in [-0.25, -0.2) is 4.79 Å². The molecule has 0 bridgehead atoms. The molecule has 2 fully saturated rings. The van der Waals surface area contributed by atoms with Gasteiger partial charge in [-0.2, -0.15) is 0 Å². The lowest BCUT2D eigenvalue weighted by Gasteiger charge is -2.40. The number of rotatable bonds is 27. The number of carbonyl (C=O) groups is 13. The van der Waals surface area contributed by atoms with Crippen LogP contribution in [0.25, 0.3) is 0 Å². The van der Waals surface area contributed by atoms with Gasteiger partial charge in [-0.15, -0.1) is 0 Å². The molecule has 3 rings (SSSR count). The quantitative estimate of drug-likeness (QED) is 0.0291. The number of phenolic OH excluding ortho intramolecular Hbond substituents is 1. The van der Waals surface area contributed by atoms with Crippen molar-refractivity contribution in [2.45, 2.75) is 205 Å². The first kappa shape index (κ1) is 84.6. The lowest BCUT2D eigenvalue weighted by atomic mass is 9.87. The number of esters is 1. The van der Waals surface area contributed by atoms with Crippen LogP contribution >= 0.6 is 0 Å². The van der Waals surface area contributed by atoms with Gasteiger partial charge < -0.3 is 109 Å². The molecule has 34 nitrogen and oxygen atoms in total. The Morgan fingerprint density at radius 1 is 0.798 bits per heavy atom. The van der Waals surface area contributed by atoms with E-state index >= 15 is 19.2 Å². The van der Waals surface area contributed by atoms with Crippen molar-refractivity contribution in [3.05, 3.63) is 53.6 Å². The number of methoxy groups -OCH3 is 2. The summed E-state index contributed by atoms with van der Waals surface area (Å²) >= 11 is 0. The molecule has 2 heterocycles. The second-order valence-electron chi connectivity index (χ2n) is 25.8. The number of nitrogens with two attached hydrogens (primary N) is 2. The fourth-order valence-corrected chi connectivity index (χ4v) is 10.6. The topological polar surface area (TPSA) is 526 Å². The second kappa shape index (κ2) is 39.2. The number of fused-ring (bicyclic) bond motifs is 1. The highest BCUT2D eigenvalue weighted by atomic mass is 16.5. The van der Waals surface area contributed by atoms with Gasteiger partial charge in [0.05, 0.1) is 31.9 Å². The van der Waals surface area contributed by atoms with E-state index in [0.717, 1.165) is 44.8 Å². The van der Waals surface area contributed by atoms with Crippen molar-refractivity contribution in [3.8, 4) is 5.75 Å². The predicted molar refractivity (Wildman–Crippen MR) is 354 cm³/mol. The van der Waals surface area contributed by atoms with Crippen LogP contribution in [0.1, 0.15) is 120 Å². The normalized spacial score (nSPS) is 24.5. The molecule has 1 aromatic carbocycles. The molecule has 1 aromatic rings.